The zero-order valence-corrected chi connectivity index (χ0v) is 19.5. The molecule has 4 aromatic rings. The van der Waals surface area contributed by atoms with Crippen LogP contribution in [0.3, 0.4) is 0 Å². The van der Waals surface area contributed by atoms with Gasteiger partial charge in [-0.2, -0.15) is 0 Å². The number of benzene rings is 4. The van der Waals surface area contributed by atoms with Crippen LogP contribution in [0.2, 0.25) is 0 Å². The van der Waals surface area contributed by atoms with E-state index in [-0.39, 0.29) is 5.91 Å². The first-order valence-corrected chi connectivity index (χ1v) is 11.0. The summed E-state index contributed by atoms with van der Waals surface area (Å²) in [6.45, 7) is 2.48. The van der Waals surface area contributed by atoms with Gasteiger partial charge in [-0.15, -0.1) is 0 Å². The highest BCUT2D eigenvalue weighted by Gasteiger charge is 2.16. The number of hydrogen-bond acceptors (Lipinski definition) is 3. The highest BCUT2D eigenvalue weighted by atomic mass is 127. The third-order valence-electron chi connectivity index (χ3n) is 5.03. The van der Waals surface area contributed by atoms with Gasteiger partial charge in [-0.3, -0.25) is 4.79 Å². The minimum Gasteiger partial charge on any atom is -0.493 e. The van der Waals surface area contributed by atoms with Crippen molar-refractivity contribution < 1.29 is 14.3 Å². The van der Waals surface area contributed by atoms with E-state index in [1.54, 1.807) is 13.2 Å². The summed E-state index contributed by atoms with van der Waals surface area (Å²) in [6.07, 6.45) is 0. The quantitative estimate of drug-likeness (QED) is 0.290. The lowest BCUT2D eigenvalue weighted by atomic mass is 10.1. The molecule has 0 unspecified atom stereocenters. The predicted octanol–water partition coefficient (Wildman–Crippen LogP) is 6.59. The van der Waals surface area contributed by atoms with Crippen molar-refractivity contribution in [3.63, 3.8) is 0 Å². The molecule has 0 radical (unpaired) electrons. The lowest BCUT2D eigenvalue weighted by molar-refractivity contribution is 0.102. The molecule has 0 aliphatic carbocycles. The number of nitrogens with one attached hydrogen (secondary N) is 1. The Morgan fingerprint density at radius 1 is 0.968 bits per heavy atom. The van der Waals surface area contributed by atoms with Crippen molar-refractivity contribution in [2.45, 2.75) is 13.5 Å². The molecular weight excluding hydrogens is 501 g/mol. The van der Waals surface area contributed by atoms with Crippen LogP contribution in [0.1, 0.15) is 21.5 Å². The second-order valence-electron chi connectivity index (χ2n) is 7.24. The Labute approximate surface area is 195 Å². The van der Waals surface area contributed by atoms with E-state index in [2.05, 4.69) is 47.0 Å². The normalized spacial score (nSPS) is 10.7. The van der Waals surface area contributed by atoms with E-state index in [0.29, 0.717) is 23.7 Å². The van der Waals surface area contributed by atoms with Crippen LogP contribution in [0, 0.1) is 10.5 Å². The molecule has 0 bridgehead atoms. The third-order valence-corrected chi connectivity index (χ3v) is 5.83. The average molecular weight is 523 g/mol. The maximum absolute atomic E-state index is 13.0. The standard InChI is InChI=1S/C26H22INO3/c1-17-10-12-18(13-11-17)16-31-25-22(27)14-20(15-24(25)30-2)26(29)28-23-9-5-7-19-6-3-4-8-21(19)23/h3-15H,16H2,1-2H3,(H,28,29). The molecule has 0 saturated carbocycles. The number of aryl methyl sites for hydroxylation is 1. The van der Waals surface area contributed by atoms with Gasteiger partial charge in [0.2, 0.25) is 0 Å². The maximum atomic E-state index is 13.0. The Morgan fingerprint density at radius 3 is 2.48 bits per heavy atom. The summed E-state index contributed by atoms with van der Waals surface area (Å²) in [5.41, 5.74) is 3.56. The Hall–Kier alpha value is -3.06. The van der Waals surface area contributed by atoms with Gasteiger partial charge >= 0.3 is 0 Å². The number of anilines is 1. The lowest BCUT2D eigenvalue weighted by Crippen LogP contribution is -2.13. The van der Waals surface area contributed by atoms with Gasteiger partial charge in [0.05, 0.1) is 10.7 Å². The van der Waals surface area contributed by atoms with Gasteiger partial charge in [-0.25, -0.2) is 0 Å². The first kappa shape index (κ1) is 21.2. The second kappa shape index (κ2) is 9.39. The summed E-state index contributed by atoms with van der Waals surface area (Å²) in [5.74, 6) is 0.963. The van der Waals surface area contributed by atoms with Crippen LogP contribution in [0.25, 0.3) is 10.8 Å². The number of amides is 1. The molecule has 0 atom stereocenters. The number of ether oxygens (including phenoxy) is 2. The molecule has 0 aromatic heterocycles. The number of rotatable bonds is 6. The van der Waals surface area contributed by atoms with Crippen LogP contribution in [-0.4, -0.2) is 13.0 Å². The predicted molar refractivity (Wildman–Crippen MR) is 133 cm³/mol. The molecule has 156 valence electrons. The fraction of sp³-hybridized carbons (Fsp3) is 0.115. The van der Waals surface area contributed by atoms with E-state index in [0.717, 1.165) is 25.6 Å². The molecule has 0 aliphatic rings. The molecule has 4 rings (SSSR count). The van der Waals surface area contributed by atoms with Crippen LogP contribution in [-0.2, 0) is 6.61 Å². The number of fused-ring (bicyclic) bond motifs is 1. The average Bonchev–Trinajstić information content (AvgIpc) is 2.79. The van der Waals surface area contributed by atoms with Gasteiger partial charge < -0.3 is 14.8 Å². The number of carbonyl (C=O) groups is 1. The lowest BCUT2D eigenvalue weighted by Gasteiger charge is -2.15. The molecule has 0 saturated heterocycles. The Kier molecular flexibility index (Phi) is 6.42. The molecule has 1 amide bonds. The van der Waals surface area contributed by atoms with Crippen molar-refractivity contribution in [1.82, 2.24) is 0 Å². The molecule has 0 heterocycles. The maximum Gasteiger partial charge on any atom is 0.255 e. The van der Waals surface area contributed by atoms with Gasteiger partial charge in [0.25, 0.3) is 5.91 Å². The highest BCUT2D eigenvalue weighted by Crippen LogP contribution is 2.35. The molecule has 31 heavy (non-hydrogen) atoms. The number of carbonyl (C=O) groups excluding carboxylic acids is 1. The number of methoxy groups -OCH3 is 1. The third kappa shape index (κ3) is 4.82. The van der Waals surface area contributed by atoms with E-state index < -0.39 is 0 Å². The van der Waals surface area contributed by atoms with Crippen LogP contribution in [0.4, 0.5) is 5.69 Å². The SMILES string of the molecule is COc1cc(C(=O)Nc2cccc3ccccc23)cc(I)c1OCc1ccc(C)cc1. The van der Waals surface area contributed by atoms with Crippen molar-refractivity contribution >= 4 is 45.0 Å². The van der Waals surface area contributed by atoms with E-state index in [1.807, 2.05) is 60.7 Å². The fourth-order valence-electron chi connectivity index (χ4n) is 3.36. The van der Waals surface area contributed by atoms with Gasteiger partial charge in [0, 0.05) is 16.6 Å². The zero-order chi connectivity index (χ0) is 21.8. The number of hydrogen-bond donors (Lipinski definition) is 1. The van der Waals surface area contributed by atoms with Gasteiger partial charge in [0.1, 0.15) is 6.61 Å². The molecular formula is C26H22INO3. The largest absolute Gasteiger partial charge is 0.493 e. The summed E-state index contributed by atoms with van der Waals surface area (Å²) in [4.78, 5) is 13.0. The van der Waals surface area contributed by atoms with Crippen molar-refractivity contribution in [1.29, 1.82) is 0 Å². The van der Waals surface area contributed by atoms with Crippen LogP contribution >= 0.6 is 22.6 Å². The van der Waals surface area contributed by atoms with Crippen LogP contribution in [0.5, 0.6) is 11.5 Å². The van der Waals surface area contributed by atoms with E-state index in [4.69, 9.17) is 9.47 Å². The second-order valence-corrected chi connectivity index (χ2v) is 8.41. The van der Waals surface area contributed by atoms with Crippen molar-refractivity contribution in [3.05, 3.63) is 99.1 Å². The smallest absolute Gasteiger partial charge is 0.255 e. The summed E-state index contributed by atoms with van der Waals surface area (Å²) in [6, 6.07) is 25.6. The summed E-state index contributed by atoms with van der Waals surface area (Å²) >= 11 is 2.18. The molecule has 1 N–H and O–H groups in total. The van der Waals surface area contributed by atoms with Crippen molar-refractivity contribution in [2.24, 2.45) is 0 Å². The number of halogens is 1. The van der Waals surface area contributed by atoms with E-state index in [9.17, 15) is 4.79 Å². The van der Waals surface area contributed by atoms with Gasteiger partial charge in [-0.1, -0.05) is 66.2 Å². The van der Waals surface area contributed by atoms with Crippen LogP contribution in [0.15, 0.2) is 78.9 Å². The van der Waals surface area contributed by atoms with Crippen LogP contribution < -0.4 is 14.8 Å². The minimum atomic E-state index is -0.197. The molecule has 5 heteroatoms. The molecule has 0 spiro atoms. The molecule has 4 nitrogen and oxygen atoms in total. The fourth-order valence-corrected chi connectivity index (χ4v) is 4.12. The molecule has 0 fully saturated rings. The van der Waals surface area contributed by atoms with E-state index in [1.165, 1.54) is 5.56 Å². The first-order valence-electron chi connectivity index (χ1n) is 9.90. The molecule has 0 aliphatic heterocycles. The molecule has 4 aromatic carbocycles. The Balaban J connectivity index is 1.56. The summed E-state index contributed by atoms with van der Waals surface area (Å²) < 4.78 is 12.4. The van der Waals surface area contributed by atoms with E-state index >= 15 is 0 Å². The monoisotopic (exact) mass is 523 g/mol. The summed E-state index contributed by atoms with van der Waals surface area (Å²) in [5, 5.41) is 5.10. The first-order chi connectivity index (χ1) is 15.0. The summed E-state index contributed by atoms with van der Waals surface area (Å²) in [7, 11) is 1.58. The van der Waals surface area contributed by atoms with Gasteiger partial charge in [0.15, 0.2) is 11.5 Å². The van der Waals surface area contributed by atoms with Gasteiger partial charge in [-0.05, 0) is 58.7 Å². The Morgan fingerprint density at radius 2 is 1.71 bits per heavy atom. The van der Waals surface area contributed by atoms with Crippen molar-refractivity contribution in [3.8, 4) is 11.5 Å². The topological polar surface area (TPSA) is 47.6 Å². The highest BCUT2D eigenvalue weighted by molar-refractivity contribution is 14.1. The zero-order valence-electron chi connectivity index (χ0n) is 17.3. The minimum absolute atomic E-state index is 0.197. The Bertz CT molecular complexity index is 1230. The van der Waals surface area contributed by atoms with Crippen molar-refractivity contribution in [2.75, 3.05) is 12.4 Å².